The molecule has 0 aliphatic rings. The van der Waals surface area contributed by atoms with Crippen molar-refractivity contribution < 1.29 is 9.47 Å². The summed E-state index contributed by atoms with van der Waals surface area (Å²) in [7, 11) is 0. The van der Waals surface area contributed by atoms with E-state index in [1.54, 1.807) is 0 Å². The highest BCUT2D eigenvalue weighted by Crippen LogP contribution is 2.40. The number of thiazole rings is 2. The van der Waals surface area contributed by atoms with Crippen molar-refractivity contribution >= 4 is 101 Å². The van der Waals surface area contributed by atoms with Gasteiger partial charge in [-0.2, -0.15) is 5.26 Å². The molecular weight excluding hydrogens is 1030 g/mol. The molecule has 0 saturated carbocycles. The summed E-state index contributed by atoms with van der Waals surface area (Å²) in [5, 5.41) is 16.4. The zero-order valence-corrected chi connectivity index (χ0v) is 47.4. The lowest BCUT2D eigenvalue weighted by molar-refractivity contribution is 0.271. The molecule has 392 valence electrons. The van der Waals surface area contributed by atoms with Gasteiger partial charge in [0.25, 0.3) is 0 Å². The van der Waals surface area contributed by atoms with Gasteiger partial charge in [0.05, 0.1) is 45.6 Å². The molecule has 8 nitrogen and oxygen atoms in total. The quantitative estimate of drug-likeness (QED) is 0.0711. The third kappa shape index (κ3) is 10.3. The Bertz CT molecular complexity index is 4310. The Labute approximate surface area is 481 Å². The van der Waals surface area contributed by atoms with E-state index in [9.17, 15) is 11.8 Å². The van der Waals surface area contributed by atoms with Crippen molar-refractivity contribution in [2.24, 2.45) is 11.8 Å². The van der Waals surface area contributed by atoms with Crippen LogP contribution in [0.15, 0.2) is 212 Å². The number of benzene rings is 8. The van der Waals surface area contributed by atoms with E-state index in [1.165, 1.54) is 22.7 Å². The smallest absolute Gasteiger partial charge is 0.328 e. The van der Waals surface area contributed by atoms with Gasteiger partial charge >= 0.3 is 13.7 Å². The van der Waals surface area contributed by atoms with Crippen molar-refractivity contribution in [1.82, 2.24) is 18.9 Å². The average Bonchev–Trinajstić information content (AvgIpc) is 4.07. The summed E-state index contributed by atoms with van der Waals surface area (Å²) in [5.41, 5.74) is 10.7. The standard InChI is InChI=1S/C69H56B2N6O2S2/c1-45(2)43-78-54-33-21-23-48(40-54)64-61-62(67(63(73-6)69-75-58-39-47(5)37-38-60(58)81-69)77(64)71(52-29-15-9-16-30-52)53-31-17-10-18-32-53)65(49-24-22-34-55(41-49)79-44-46(3)4)76(70(50-25-11-7-12-26-50)51-27-13-8-14-28-51)66(61)56(42-72)68-74-57-35-19-20-36-59(57)80-68/h7-41,45-46H,43-44H2,1-5H3/b66-56-,67-63+. The Hall–Kier alpha value is -9.19. The van der Waals surface area contributed by atoms with E-state index >= 15 is 0 Å². The first-order valence-corrected chi connectivity index (χ1v) is 29.0. The number of nitriles is 1. The van der Waals surface area contributed by atoms with E-state index in [0.717, 1.165) is 81.1 Å². The zero-order chi connectivity index (χ0) is 55.6. The minimum atomic E-state index is -0.529. The fourth-order valence-electron chi connectivity index (χ4n) is 11.0. The SMILES string of the molecule is [C-]#[N+]/C(c1nc2cc(C)ccc2s1)=c1\c2c(-c3cccc(OCC(C)C)c3)n(B(c3ccccc3)c3ccccc3)/c(=C(/C#N)c3nc4ccccc4s3)c2c(-c2cccc(OCC(C)C)c2)n1B(c1ccccc1)c1ccccc1. The van der Waals surface area contributed by atoms with Crippen molar-refractivity contribution in [2.75, 3.05) is 13.2 Å². The highest BCUT2D eigenvalue weighted by molar-refractivity contribution is 7.20. The van der Waals surface area contributed by atoms with Gasteiger partial charge in [-0.1, -0.05) is 213 Å². The maximum absolute atomic E-state index is 12.4. The molecule has 4 heterocycles. The molecule has 0 fully saturated rings. The van der Waals surface area contributed by atoms with Crippen LogP contribution in [0, 0.1) is 36.7 Å². The largest absolute Gasteiger partial charge is 0.493 e. The minimum Gasteiger partial charge on any atom is -0.493 e. The average molecular weight is 1090 g/mol. The normalized spacial score (nSPS) is 12.2. The number of aryl methyl sites for hydroxylation is 1. The number of aromatic nitrogens is 4. The van der Waals surface area contributed by atoms with Gasteiger partial charge in [0.2, 0.25) is 5.70 Å². The van der Waals surface area contributed by atoms with Crippen molar-refractivity contribution in [1.29, 1.82) is 5.26 Å². The summed E-state index contributed by atoms with van der Waals surface area (Å²) in [5.74, 6) is 1.94. The van der Waals surface area contributed by atoms with E-state index < -0.39 is 13.7 Å². The van der Waals surface area contributed by atoms with Crippen molar-refractivity contribution in [3.8, 4) is 40.1 Å². The summed E-state index contributed by atoms with van der Waals surface area (Å²) in [6.07, 6.45) is 0. The van der Waals surface area contributed by atoms with Crippen molar-refractivity contribution in [3.05, 3.63) is 250 Å². The van der Waals surface area contributed by atoms with Gasteiger partial charge < -0.3 is 18.4 Å². The van der Waals surface area contributed by atoms with E-state index in [2.05, 4.69) is 207 Å². The number of para-hydroxylation sites is 1. The van der Waals surface area contributed by atoms with Crippen molar-refractivity contribution in [3.63, 3.8) is 0 Å². The Morgan fingerprint density at radius 3 is 1.46 bits per heavy atom. The lowest BCUT2D eigenvalue weighted by Gasteiger charge is -2.24. The number of fused-ring (bicyclic) bond motifs is 3. The number of hydrogen-bond acceptors (Lipinski definition) is 7. The maximum Gasteiger partial charge on any atom is 0.328 e. The second kappa shape index (κ2) is 22.9. The molecule has 0 bridgehead atoms. The van der Waals surface area contributed by atoms with Crippen LogP contribution >= 0.6 is 22.7 Å². The molecule has 0 radical (unpaired) electrons. The summed E-state index contributed by atoms with van der Waals surface area (Å²) >= 11 is 3.02. The molecular formula is C69H56B2N6O2S2. The highest BCUT2D eigenvalue weighted by atomic mass is 32.1. The fourth-order valence-corrected chi connectivity index (χ4v) is 12.9. The first-order chi connectivity index (χ1) is 39.7. The molecule has 8 aromatic carbocycles. The van der Waals surface area contributed by atoms with Gasteiger partial charge in [0, 0.05) is 38.6 Å². The summed E-state index contributed by atoms with van der Waals surface area (Å²) in [4.78, 5) is 15.4. The predicted octanol–water partition coefficient (Wildman–Crippen LogP) is 12.5. The second-order valence-corrected chi connectivity index (χ2v) is 23.3. The van der Waals surface area contributed by atoms with Crippen LogP contribution in [0.2, 0.25) is 0 Å². The number of rotatable bonds is 16. The summed E-state index contributed by atoms with van der Waals surface area (Å²) < 4.78 is 20.0. The molecule has 0 N–H and O–H groups in total. The van der Waals surface area contributed by atoms with E-state index in [4.69, 9.17) is 24.3 Å². The summed E-state index contributed by atoms with van der Waals surface area (Å²) in [6, 6.07) is 76.0. The Balaban J connectivity index is 1.44. The summed E-state index contributed by atoms with van der Waals surface area (Å²) in [6.45, 7) is 20.3. The molecule has 12 aromatic rings. The first kappa shape index (κ1) is 52.5. The second-order valence-electron chi connectivity index (χ2n) is 21.2. The highest BCUT2D eigenvalue weighted by Gasteiger charge is 2.38. The van der Waals surface area contributed by atoms with Gasteiger partial charge in [-0.3, -0.25) is 0 Å². The van der Waals surface area contributed by atoms with Crippen LogP contribution in [0.5, 0.6) is 11.5 Å². The fraction of sp³-hybridized carbons (Fsp3) is 0.130. The lowest BCUT2D eigenvalue weighted by atomic mass is 9.50. The van der Waals surface area contributed by atoms with Gasteiger partial charge in [0.1, 0.15) is 33.2 Å². The Morgan fingerprint density at radius 2 is 0.975 bits per heavy atom. The van der Waals surface area contributed by atoms with Crippen LogP contribution in [-0.2, 0) is 0 Å². The first-order valence-electron chi connectivity index (χ1n) is 27.4. The molecule has 0 unspecified atom stereocenters. The van der Waals surface area contributed by atoms with Gasteiger partial charge in [-0.05, 0) is 72.9 Å². The molecule has 0 aliphatic heterocycles. The maximum atomic E-state index is 12.4. The molecule has 81 heavy (non-hydrogen) atoms. The van der Waals surface area contributed by atoms with Gasteiger partial charge in [-0.15, -0.1) is 22.7 Å². The van der Waals surface area contributed by atoms with Crippen LogP contribution in [0.1, 0.15) is 43.3 Å². The zero-order valence-electron chi connectivity index (χ0n) is 45.7. The minimum absolute atomic E-state index is 0.266. The van der Waals surface area contributed by atoms with E-state index in [0.29, 0.717) is 56.7 Å². The van der Waals surface area contributed by atoms with E-state index in [-0.39, 0.29) is 11.8 Å². The number of ether oxygens (including phenoxy) is 2. The Kier molecular flexibility index (Phi) is 14.8. The molecule has 0 saturated heterocycles. The molecule has 12 rings (SSSR count). The molecule has 12 heteroatoms. The monoisotopic (exact) mass is 1090 g/mol. The van der Waals surface area contributed by atoms with Crippen molar-refractivity contribution in [2.45, 2.75) is 34.6 Å². The van der Waals surface area contributed by atoms with E-state index in [1.807, 2.05) is 54.6 Å². The molecule has 0 aliphatic carbocycles. The molecule has 0 spiro atoms. The van der Waals surface area contributed by atoms with Gasteiger partial charge in [0.15, 0.2) is 0 Å². The third-order valence-corrected chi connectivity index (χ3v) is 16.6. The van der Waals surface area contributed by atoms with Crippen LogP contribution in [-0.4, -0.2) is 45.8 Å². The molecule has 0 atom stereocenters. The van der Waals surface area contributed by atoms with Crippen LogP contribution < -0.4 is 42.0 Å². The lowest BCUT2D eigenvalue weighted by Crippen LogP contribution is -2.54. The molecule has 4 aromatic heterocycles. The van der Waals surface area contributed by atoms with Crippen LogP contribution in [0.25, 0.3) is 69.8 Å². The third-order valence-electron chi connectivity index (χ3n) is 14.5. The number of hydrogen-bond donors (Lipinski definition) is 0. The van der Waals surface area contributed by atoms with Crippen LogP contribution in [0.4, 0.5) is 0 Å². The topological polar surface area (TPSA) is 82.2 Å². The Morgan fingerprint density at radius 1 is 0.531 bits per heavy atom. The number of nitrogens with zero attached hydrogens (tertiary/aromatic N) is 6. The van der Waals surface area contributed by atoms with Crippen LogP contribution in [0.3, 0.4) is 0 Å². The predicted molar refractivity (Wildman–Crippen MR) is 339 cm³/mol. The van der Waals surface area contributed by atoms with Gasteiger partial charge in [-0.25, -0.2) is 14.8 Å². The molecule has 0 amide bonds.